The van der Waals surface area contributed by atoms with E-state index in [0.29, 0.717) is 0 Å². The zero-order chi connectivity index (χ0) is 36.7. The van der Waals surface area contributed by atoms with Crippen LogP contribution in [0.15, 0.2) is 164 Å². The maximum Gasteiger partial charge on any atom is 0.146 e. The number of para-hydroxylation sites is 1. The van der Waals surface area contributed by atoms with Gasteiger partial charge in [-0.2, -0.15) is 0 Å². The van der Waals surface area contributed by atoms with Gasteiger partial charge in [0.1, 0.15) is 23.0 Å². The number of pyridine rings is 2. The number of aromatic nitrogens is 3. The predicted octanol–water partition coefficient (Wildman–Crippen LogP) is 13.2. The van der Waals surface area contributed by atoms with E-state index in [1.807, 2.05) is 36.7 Å². The summed E-state index contributed by atoms with van der Waals surface area (Å²) in [6.07, 6.45) is 8.18. The molecule has 0 bridgehead atoms. The Morgan fingerprint density at radius 1 is 0.473 bits per heavy atom. The summed E-state index contributed by atoms with van der Waals surface area (Å²) >= 11 is 0. The Morgan fingerprint density at radius 3 is 2.07 bits per heavy atom. The van der Waals surface area contributed by atoms with Gasteiger partial charge in [0.15, 0.2) is 0 Å². The maximum atomic E-state index is 7.16. The smallest absolute Gasteiger partial charge is 0.146 e. The first kappa shape index (κ1) is 31.5. The Hall–Kier alpha value is -7.04. The second kappa shape index (κ2) is 12.0. The molecule has 0 spiro atoms. The van der Waals surface area contributed by atoms with E-state index < -0.39 is 0 Å². The molecule has 3 aromatic heterocycles. The number of ether oxygens (including phenoxy) is 1. The van der Waals surface area contributed by atoms with Crippen LogP contribution in [-0.4, -0.2) is 14.5 Å². The summed E-state index contributed by atoms with van der Waals surface area (Å²) in [5.41, 5.74) is 15.8. The van der Waals surface area contributed by atoms with Crippen LogP contribution in [0.2, 0.25) is 0 Å². The van der Waals surface area contributed by atoms with Crippen molar-refractivity contribution in [3.05, 3.63) is 186 Å². The van der Waals surface area contributed by atoms with Crippen molar-refractivity contribution in [3.63, 3.8) is 0 Å². The Kier molecular flexibility index (Phi) is 6.86. The molecule has 0 atom stereocenters. The molecule has 2 aliphatic rings. The van der Waals surface area contributed by atoms with Gasteiger partial charge in [0.05, 0.1) is 5.52 Å². The van der Waals surface area contributed by atoms with Gasteiger partial charge in [-0.15, -0.1) is 0 Å². The molecule has 0 saturated heterocycles. The minimum atomic E-state index is -0.175. The average molecular weight is 706 g/mol. The lowest BCUT2D eigenvalue weighted by atomic mass is 9.81. The Morgan fingerprint density at radius 2 is 1.20 bits per heavy atom. The number of nitrogens with zero attached hydrogens (tertiary/aromatic N) is 3. The van der Waals surface area contributed by atoms with Gasteiger partial charge in [0.2, 0.25) is 0 Å². The van der Waals surface area contributed by atoms with Crippen LogP contribution in [0, 0.1) is 0 Å². The fourth-order valence-corrected chi connectivity index (χ4v) is 8.84. The second-order valence-electron chi connectivity index (χ2n) is 15.0. The van der Waals surface area contributed by atoms with Crippen LogP contribution in [0.3, 0.4) is 0 Å². The Labute approximate surface area is 319 Å². The summed E-state index contributed by atoms with van der Waals surface area (Å²) in [5, 5.41) is 2.23. The van der Waals surface area contributed by atoms with Crippen molar-refractivity contribution in [2.45, 2.75) is 19.3 Å². The molecule has 9 aromatic rings. The first-order valence-corrected chi connectivity index (χ1v) is 18.8. The first-order chi connectivity index (χ1) is 27.0. The lowest BCUT2D eigenvalue weighted by molar-refractivity contribution is 0.484. The van der Waals surface area contributed by atoms with E-state index in [1.54, 1.807) is 0 Å². The lowest BCUT2D eigenvalue weighted by Crippen LogP contribution is -2.15. The fraction of sp³-hybridized carbons (Fsp3) is 0.0588. The summed E-state index contributed by atoms with van der Waals surface area (Å²) in [7, 11) is 0. The molecular weight excluding hydrogens is 671 g/mol. The van der Waals surface area contributed by atoms with Crippen LogP contribution in [0.5, 0.6) is 11.5 Å². The van der Waals surface area contributed by atoms with Gasteiger partial charge in [-0.25, -0.2) is 9.97 Å². The minimum absolute atomic E-state index is 0.175. The summed E-state index contributed by atoms with van der Waals surface area (Å²) in [6, 6.07) is 54.2. The molecule has 4 heterocycles. The van der Waals surface area contributed by atoms with Gasteiger partial charge in [0.25, 0.3) is 0 Å². The third-order valence-corrected chi connectivity index (χ3v) is 11.6. The molecule has 4 nitrogen and oxygen atoms in total. The SMILES string of the molecule is CC1(C)c2ccccc2-c2cc3c(cc21)Oc1ccccc1-c1ccccc1/C=C\c1ccc(-c2ccc4c(c2)c2cccnc2n4-c2ccccn2)cc1-3. The van der Waals surface area contributed by atoms with Gasteiger partial charge in [0, 0.05) is 39.7 Å². The van der Waals surface area contributed by atoms with Crippen LogP contribution >= 0.6 is 0 Å². The molecule has 0 N–H and O–H groups in total. The van der Waals surface area contributed by atoms with Crippen molar-refractivity contribution in [2.75, 3.05) is 0 Å². The molecule has 55 heavy (non-hydrogen) atoms. The zero-order valence-corrected chi connectivity index (χ0v) is 30.5. The molecule has 0 radical (unpaired) electrons. The molecular formula is C51H35N3O. The number of hydrogen-bond donors (Lipinski definition) is 0. The van der Waals surface area contributed by atoms with Gasteiger partial charge in [-0.1, -0.05) is 117 Å². The van der Waals surface area contributed by atoms with Crippen molar-refractivity contribution in [1.82, 2.24) is 14.5 Å². The number of rotatable bonds is 2. The molecule has 1 aliphatic heterocycles. The highest BCUT2D eigenvalue weighted by atomic mass is 16.5. The Bertz CT molecular complexity index is 3040. The van der Waals surface area contributed by atoms with E-state index in [0.717, 1.165) is 83.8 Å². The monoisotopic (exact) mass is 705 g/mol. The van der Waals surface area contributed by atoms with Gasteiger partial charge in [-0.05, 0) is 116 Å². The zero-order valence-electron chi connectivity index (χ0n) is 30.5. The van der Waals surface area contributed by atoms with Crippen molar-refractivity contribution in [1.29, 1.82) is 0 Å². The van der Waals surface area contributed by atoms with Crippen molar-refractivity contribution >= 4 is 34.1 Å². The Balaban J connectivity index is 1.17. The standard InChI is InChI=1S/C51H35N3O/c1-51(2)44-17-7-5-14-37(44)41-30-43-40-28-34(35-24-25-46-42(29-35)39-16-11-27-53-50(39)54(46)49-19-9-10-26-52-49)23-22-33(40)21-20-32-12-3-4-13-36(32)38-15-6-8-18-47(38)55-48(43)31-45(41)51/h3-31H,1-2H3/b21-20-. The normalized spacial score (nSPS) is 14.1. The maximum absolute atomic E-state index is 7.16. The molecule has 0 fully saturated rings. The first-order valence-electron chi connectivity index (χ1n) is 18.8. The number of benzene rings is 6. The van der Waals surface area contributed by atoms with E-state index in [1.165, 1.54) is 22.3 Å². The number of hydrogen-bond acceptors (Lipinski definition) is 3. The van der Waals surface area contributed by atoms with Gasteiger partial charge in [-0.3, -0.25) is 4.57 Å². The highest BCUT2D eigenvalue weighted by Gasteiger charge is 2.37. The van der Waals surface area contributed by atoms with E-state index >= 15 is 0 Å². The van der Waals surface area contributed by atoms with E-state index in [4.69, 9.17) is 9.72 Å². The molecule has 1 aliphatic carbocycles. The second-order valence-corrected chi connectivity index (χ2v) is 15.0. The summed E-state index contributed by atoms with van der Waals surface area (Å²) in [5.74, 6) is 2.53. The minimum Gasteiger partial charge on any atom is -0.456 e. The van der Waals surface area contributed by atoms with E-state index in [9.17, 15) is 0 Å². The van der Waals surface area contributed by atoms with Gasteiger partial charge < -0.3 is 4.74 Å². The molecule has 11 rings (SSSR count). The number of fused-ring (bicyclic) bond motifs is 12. The third kappa shape index (κ3) is 4.85. The van der Waals surface area contributed by atoms with Crippen LogP contribution in [0.4, 0.5) is 0 Å². The molecule has 0 saturated carbocycles. The van der Waals surface area contributed by atoms with E-state index in [2.05, 4.69) is 163 Å². The van der Waals surface area contributed by atoms with Crippen LogP contribution in [0.25, 0.3) is 84.4 Å². The topological polar surface area (TPSA) is 39.9 Å². The molecule has 260 valence electrons. The van der Waals surface area contributed by atoms with Gasteiger partial charge >= 0.3 is 0 Å². The molecule has 6 aromatic carbocycles. The highest BCUT2D eigenvalue weighted by molar-refractivity contribution is 6.09. The summed E-state index contributed by atoms with van der Waals surface area (Å²) in [6.45, 7) is 4.65. The quantitative estimate of drug-likeness (QED) is 0.180. The summed E-state index contributed by atoms with van der Waals surface area (Å²) < 4.78 is 9.31. The predicted molar refractivity (Wildman–Crippen MR) is 226 cm³/mol. The molecule has 4 heteroatoms. The molecule has 0 unspecified atom stereocenters. The van der Waals surface area contributed by atoms with E-state index in [-0.39, 0.29) is 5.41 Å². The molecule has 0 amide bonds. The van der Waals surface area contributed by atoms with Crippen LogP contribution < -0.4 is 4.74 Å². The third-order valence-electron chi connectivity index (χ3n) is 11.6. The highest BCUT2D eigenvalue weighted by Crippen LogP contribution is 2.53. The van der Waals surface area contributed by atoms with Crippen LogP contribution in [-0.2, 0) is 5.41 Å². The van der Waals surface area contributed by atoms with Crippen molar-refractivity contribution < 1.29 is 4.74 Å². The largest absolute Gasteiger partial charge is 0.456 e. The average Bonchev–Trinajstić information content (AvgIpc) is 3.67. The lowest BCUT2D eigenvalue weighted by Gasteiger charge is -2.23. The fourth-order valence-electron chi connectivity index (χ4n) is 8.84. The van der Waals surface area contributed by atoms with Crippen molar-refractivity contribution in [2.24, 2.45) is 0 Å². The summed E-state index contributed by atoms with van der Waals surface area (Å²) in [4.78, 5) is 9.50. The van der Waals surface area contributed by atoms with Crippen LogP contribution in [0.1, 0.15) is 36.1 Å². The van der Waals surface area contributed by atoms with Crippen molar-refractivity contribution in [3.8, 4) is 61.8 Å².